The number of hydrogen-bond donors (Lipinski definition) is 2. The molecule has 1 aliphatic rings. The number of esters is 1. The molecule has 0 aliphatic carbocycles. The number of anilines is 1. The zero-order chi connectivity index (χ0) is 19.3. The second-order valence-corrected chi connectivity index (χ2v) is 7.51. The van der Waals surface area contributed by atoms with Crippen LogP contribution in [0.25, 0.3) is 0 Å². The van der Waals surface area contributed by atoms with Gasteiger partial charge in [-0.3, -0.25) is 9.59 Å². The number of carbonyl (C=O) groups is 2. The van der Waals surface area contributed by atoms with Gasteiger partial charge in [-0.2, -0.15) is 0 Å². The van der Waals surface area contributed by atoms with Gasteiger partial charge >= 0.3 is 5.97 Å². The minimum atomic E-state index is -0.533. The molecule has 1 aliphatic heterocycles. The van der Waals surface area contributed by atoms with E-state index in [0.29, 0.717) is 32.0 Å². The molecule has 1 saturated heterocycles. The van der Waals surface area contributed by atoms with Crippen molar-refractivity contribution in [2.75, 3.05) is 31.1 Å². The third kappa shape index (κ3) is 5.74. The summed E-state index contributed by atoms with van der Waals surface area (Å²) in [5, 5.41) is 3.19. The van der Waals surface area contributed by atoms with Crippen LogP contribution in [0.4, 0.5) is 5.95 Å². The van der Waals surface area contributed by atoms with Gasteiger partial charge in [0, 0.05) is 37.8 Å². The highest BCUT2D eigenvalue weighted by Crippen LogP contribution is 2.17. The maximum atomic E-state index is 12.1. The highest BCUT2D eigenvalue weighted by molar-refractivity contribution is 5.82. The average Bonchev–Trinajstić information content (AvgIpc) is 2.55. The van der Waals surface area contributed by atoms with Crippen molar-refractivity contribution in [1.29, 1.82) is 0 Å². The van der Waals surface area contributed by atoms with Crippen molar-refractivity contribution >= 4 is 17.7 Å². The molecule has 0 aromatic carbocycles. The number of hydrogen-bond acceptors (Lipinski definition) is 8. The van der Waals surface area contributed by atoms with E-state index in [0.717, 1.165) is 17.8 Å². The molecule has 1 aromatic rings. The van der Waals surface area contributed by atoms with Gasteiger partial charge in [0.05, 0.1) is 18.2 Å². The van der Waals surface area contributed by atoms with Crippen LogP contribution in [-0.4, -0.2) is 59.5 Å². The number of piperazine rings is 1. The lowest BCUT2D eigenvalue weighted by molar-refractivity contribution is -0.153. The van der Waals surface area contributed by atoms with Crippen LogP contribution >= 0.6 is 0 Å². The Bertz CT molecular complexity index is 657. The summed E-state index contributed by atoms with van der Waals surface area (Å²) in [6, 6.07) is -0.216. The van der Waals surface area contributed by atoms with Gasteiger partial charge in [0.2, 0.25) is 5.95 Å². The lowest BCUT2D eigenvalue weighted by Gasteiger charge is -2.32. The smallest absolute Gasteiger partial charge is 0.310 e. The number of ether oxygens (including phenoxy) is 1. The van der Waals surface area contributed by atoms with Gasteiger partial charge in [0.1, 0.15) is 11.4 Å². The number of nitrogens with one attached hydrogen (secondary N) is 1. The van der Waals surface area contributed by atoms with Crippen molar-refractivity contribution in [2.24, 2.45) is 5.73 Å². The molecule has 1 fully saturated rings. The first kappa shape index (κ1) is 20.3. The molecular weight excluding hydrogens is 334 g/mol. The Morgan fingerprint density at radius 3 is 2.77 bits per heavy atom. The number of nitrogens with zero attached hydrogens (tertiary/aromatic N) is 3. The van der Waals surface area contributed by atoms with Crippen molar-refractivity contribution in [3.8, 4) is 0 Å². The van der Waals surface area contributed by atoms with Crippen LogP contribution in [0.2, 0.25) is 0 Å². The van der Waals surface area contributed by atoms with E-state index < -0.39 is 5.60 Å². The maximum absolute atomic E-state index is 12.1. The fourth-order valence-electron chi connectivity index (χ4n) is 2.82. The van der Waals surface area contributed by atoms with E-state index in [-0.39, 0.29) is 24.2 Å². The Labute approximate surface area is 154 Å². The molecule has 0 unspecified atom stereocenters. The summed E-state index contributed by atoms with van der Waals surface area (Å²) in [5.74, 6) is 0.346. The largest absolute Gasteiger partial charge is 0.460 e. The minimum Gasteiger partial charge on any atom is -0.460 e. The van der Waals surface area contributed by atoms with Gasteiger partial charge in [-0.25, -0.2) is 9.97 Å². The summed E-state index contributed by atoms with van der Waals surface area (Å²) in [7, 11) is 0. The molecule has 8 heteroatoms. The number of ketones is 1. The molecule has 26 heavy (non-hydrogen) atoms. The van der Waals surface area contributed by atoms with E-state index in [1.165, 1.54) is 0 Å². The summed E-state index contributed by atoms with van der Waals surface area (Å²) in [5.41, 5.74) is 6.65. The van der Waals surface area contributed by atoms with Crippen LogP contribution in [0.15, 0.2) is 6.20 Å². The van der Waals surface area contributed by atoms with Crippen LogP contribution in [0, 0.1) is 0 Å². The van der Waals surface area contributed by atoms with E-state index >= 15 is 0 Å². The van der Waals surface area contributed by atoms with E-state index in [1.807, 2.05) is 25.7 Å². The summed E-state index contributed by atoms with van der Waals surface area (Å²) in [6.07, 6.45) is 2.34. The predicted molar refractivity (Wildman–Crippen MR) is 99.0 cm³/mol. The molecule has 0 spiro atoms. The quantitative estimate of drug-likeness (QED) is 0.691. The molecule has 1 atom stereocenters. The minimum absolute atomic E-state index is 0.0958. The van der Waals surface area contributed by atoms with Gasteiger partial charge in [-0.15, -0.1) is 0 Å². The third-order valence-corrected chi connectivity index (χ3v) is 4.03. The molecule has 2 rings (SSSR count). The second kappa shape index (κ2) is 8.55. The molecule has 3 N–H and O–H groups in total. The number of aromatic nitrogens is 2. The normalized spacial score (nSPS) is 17.9. The maximum Gasteiger partial charge on any atom is 0.310 e. The van der Waals surface area contributed by atoms with Crippen molar-refractivity contribution < 1.29 is 14.3 Å². The van der Waals surface area contributed by atoms with E-state index in [9.17, 15) is 9.59 Å². The molecule has 0 amide bonds. The van der Waals surface area contributed by atoms with E-state index in [2.05, 4.69) is 15.3 Å². The first-order valence-electron chi connectivity index (χ1n) is 8.95. The fourth-order valence-corrected chi connectivity index (χ4v) is 2.82. The number of carbonyl (C=O) groups excluding carboxylic acids is 2. The van der Waals surface area contributed by atoms with Crippen molar-refractivity contribution in [3.63, 3.8) is 0 Å². The van der Waals surface area contributed by atoms with Crippen molar-refractivity contribution in [2.45, 2.75) is 52.2 Å². The fraction of sp³-hybridized carbons (Fsp3) is 0.667. The zero-order valence-corrected chi connectivity index (χ0v) is 16.0. The standard InChI is InChI=1S/C18H29N5O3/c1-12(24)15-11-23(8-7-20-15)17-21-10-13(14(22-17)5-6-19)9-16(25)26-18(2,3)4/h10,15,20H,5-9,11,19H2,1-4H3/t15-/m1/s1. The topological polar surface area (TPSA) is 110 Å². The Hall–Kier alpha value is -2.06. The molecule has 8 nitrogen and oxygen atoms in total. The first-order chi connectivity index (χ1) is 12.2. The molecule has 1 aromatic heterocycles. The Morgan fingerprint density at radius 1 is 1.42 bits per heavy atom. The van der Waals surface area contributed by atoms with Gasteiger partial charge in [-0.1, -0.05) is 0 Å². The first-order valence-corrected chi connectivity index (χ1v) is 8.95. The second-order valence-electron chi connectivity index (χ2n) is 7.51. The lowest BCUT2D eigenvalue weighted by atomic mass is 10.1. The summed E-state index contributed by atoms with van der Waals surface area (Å²) in [6.45, 7) is 9.45. The van der Waals surface area contributed by atoms with Crippen LogP contribution in [-0.2, 0) is 27.2 Å². The summed E-state index contributed by atoms with van der Waals surface area (Å²) in [4.78, 5) is 34.8. The number of nitrogens with two attached hydrogens (primary N) is 1. The van der Waals surface area contributed by atoms with Crippen LogP contribution in [0.5, 0.6) is 0 Å². The lowest BCUT2D eigenvalue weighted by Crippen LogP contribution is -2.54. The molecule has 0 bridgehead atoms. The average molecular weight is 363 g/mol. The number of Topliss-reactive ketones (excluding diaryl/α,β-unsaturated/α-hetero) is 1. The highest BCUT2D eigenvalue weighted by atomic mass is 16.6. The zero-order valence-electron chi connectivity index (χ0n) is 16.0. The van der Waals surface area contributed by atoms with Gasteiger partial charge in [-0.05, 0) is 34.2 Å². The monoisotopic (exact) mass is 363 g/mol. The van der Waals surface area contributed by atoms with Gasteiger partial charge in [0.15, 0.2) is 0 Å². The van der Waals surface area contributed by atoms with Crippen LogP contribution in [0.1, 0.15) is 39.0 Å². The molecule has 2 heterocycles. The van der Waals surface area contributed by atoms with Crippen LogP contribution < -0.4 is 16.0 Å². The predicted octanol–water partition coefficient (Wildman–Crippen LogP) is 0.229. The summed E-state index contributed by atoms with van der Waals surface area (Å²) >= 11 is 0. The molecular formula is C18H29N5O3. The van der Waals surface area contributed by atoms with Crippen molar-refractivity contribution in [3.05, 3.63) is 17.5 Å². The molecule has 0 radical (unpaired) electrons. The number of rotatable bonds is 6. The Balaban J connectivity index is 2.17. The van der Waals surface area contributed by atoms with Gasteiger partial charge < -0.3 is 20.7 Å². The Kier molecular flexibility index (Phi) is 6.66. The summed E-state index contributed by atoms with van der Waals surface area (Å²) < 4.78 is 5.38. The van der Waals surface area contributed by atoms with Crippen LogP contribution in [0.3, 0.4) is 0 Å². The molecule has 0 saturated carbocycles. The van der Waals surface area contributed by atoms with Crippen molar-refractivity contribution in [1.82, 2.24) is 15.3 Å². The molecule has 144 valence electrons. The van der Waals surface area contributed by atoms with E-state index in [1.54, 1.807) is 13.1 Å². The highest BCUT2D eigenvalue weighted by Gasteiger charge is 2.25. The Morgan fingerprint density at radius 2 is 2.15 bits per heavy atom. The van der Waals surface area contributed by atoms with E-state index in [4.69, 9.17) is 10.5 Å². The van der Waals surface area contributed by atoms with Gasteiger partial charge in [0.25, 0.3) is 0 Å². The SMILES string of the molecule is CC(=O)[C@H]1CN(c2ncc(CC(=O)OC(C)(C)C)c(CCN)n2)CCN1. The third-order valence-electron chi connectivity index (χ3n) is 4.03.